The molecule has 0 aromatic heterocycles. The van der Waals surface area contributed by atoms with Crippen molar-refractivity contribution in [2.75, 3.05) is 0 Å². The van der Waals surface area contributed by atoms with Crippen molar-refractivity contribution in [1.29, 1.82) is 0 Å². The standard InChI is InChI=1S/C12H17NO.C8H7F3O.C7H15F/c1-6-11(10(5)14)8-12(9(3)4)13-7-2;1-6-2-4-7(5-3-6)12-8(9,10)11;1-3-5-7(8)6-4-2/h6-8H,1H2,2-5H3;2-5H,1H3;7H,3-6H2,1-2H3/b11-8+,13-7?;;. The molecule has 0 unspecified atom stereocenters. The Morgan fingerprint density at radius 3 is 1.91 bits per heavy atom. The number of alkyl halides is 4. The first-order valence-electron chi connectivity index (χ1n) is 11.3. The number of hydrogen-bond acceptors (Lipinski definition) is 3. The average Bonchev–Trinajstić information content (AvgIpc) is 2.73. The van der Waals surface area contributed by atoms with Gasteiger partial charge in [-0.2, -0.15) is 0 Å². The molecule has 0 heterocycles. The number of Topliss-reactive ketones (excluding diaryl/α,β-unsaturated/α-hetero) is 1. The monoisotopic (exact) mass is 485 g/mol. The summed E-state index contributed by atoms with van der Waals surface area (Å²) in [7, 11) is 0. The van der Waals surface area contributed by atoms with Crippen LogP contribution in [0.3, 0.4) is 0 Å². The molecule has 0 atom stereocenters. The zero-order valence-electron chi connectivity index (χ0n) is 21.4. The van der Waals surface area contributed by atoms with Gasteiger partial charge in [-0.05, 0) is 65.7 Å². The van der Waals surface area contributed by atoms with Crippen LogP contribution in [0.25, 0.3) is 0 Å². The molecule has 0 saturated heterocycles. The molecule has 0 spiro atoms. The fraction of sp³-hybridized carbons (Fsp3) is 0.481. The number of aliphatic imine (C=N–C) groups is 1. The van der Waals surface area contributed by atoms with Crippen LogP contribution >= 0.6 is 0 Å². The van der Waals surface area contributed by atoms with Gasteiger partial charge in [0.1, 0.15) is 11.9 Å². The van der Waals surface area contributed by atoms with E-state index in [1.807, 2.05) is 34.6 Å². The molecule has 0 amide bonds. The van der Waals surface area contributed by atoms with Crippen molar-refractivity contribution in [2.45, 2.75) is 86.7 Å². The number of ether oxygens (including phenoxy) is 1. The van der Waals surface area contributed by atoms with Crippen molar-refractivity contribution in [1.82, 2.24) is 0 Å². The van der Waals surface area contributed by atoms with Gasteiger partial charge in [0.2, 0.25) is 0 Å². The first kappa shape index (κ1) is 33.5. The molecule has 34 heavy (non-hydrogen) atoms. The van der Waals surface area contributed by atoms with Gasteiger partial charge in [-0.25, -0.2) is 4.39 Å². The molecule has 3 nitrogen and oxygen atoms in total. The molecule has 0 fully saturated rings. The molecule has 192 valence electrons. The summed E-state index contributed by atoms with van der Waals surface area (Å²) in [5.74, 6) is -0.182. The molecular formula is C27H39F4NO2. The summed E-state index contributed by atoms with van der Waals surface area (Å²) in [5, 5.41) is 0. The number of carbonyl (C=O) groups excluding carboxylic acids is 1. The van der Waals surface area contributed by atoms with Crippen LogP contribution in [-0.4, -0.2) is 24.5 Å². The summed E-state index contributed by atoms with van der Waals surface area (Å²) in [6.07, 6.45) is 3.31. The lowest BCUT2D eigenvalue weighted by atomic mass is 10.1. The second-order valence-corrected chi connectivity index (χ2v) is 7.67. The number of carbonyl (C=O) groups is 1. The lowest BCUT2D eigenvalue weighted by Crippen LogP contribution is -2.16. The van der Waals surface area contributed by atoms with Gasteiger partial charge in [-0.3, -0.25) is 9.79 Å². The highest BCUT2D eigenvalue weighted by Crippen LogP contribution is 2.22. The zero-order chi connectivity index (χ0) is 26.7. The zero-order valence-corrected chi connectivity index (χ0v) is 21.4. The summed E-state index contributed by atoms with van der Waals surface area (Å²) < 4.78 is 50.9. The van der Waals surface area contributed by atoms with E-state index >= 15 is 0 Å². The summed E-state index contributed by atoms with van der Waals surface area (Å²) >= 11 is 0. The Hall–Kier alpha value is -2.70. The van der Waals surface area contributed by atoms with Gasteiger partial charge in [0.25, 0.3) is 0 Å². The summed E-state index contributed by atoms with van der Waals surface area (Å²) in [6.45, 7) is 16.7. The van der Waals surface area contributed by atoms with E-state index in [0.717, 1.165) is 42.5 Å². The SMILES string of the molecule is C=C/C(=C\C(N=CC)=C(C)C)C(C)=O.CCCC(F)CCC.Cc1ccc(OC(F)(F)F)cc1. The maximum atomic E-state index is 12.4. The van der Waals surface area contributed by atoms with Crippen LogP contribution in [0.2, 0.25) is 0 Å². The van der Waals surface area contributed by atoms with E-state index in [2.05, 4.69) is 16.3 Å². The third-order valence-electron chi connectivity index (χ3n) is 4.16. The van der Waals surface area contributed by atoms with Crippen molar-refractivity contribution in [2.24, 2.45) is 4.99 Å². The second-order valence-electron chi connectivity index (χ2n) is 7.67. The topological polar surface area (TPSA) is 38.7 Å². The number of aryl methyl sites for hydroxylation is 1. The van der Waals surface area contributed by atoms with Crippen molar-refractivity contribution >= 4 is 12.0 Å². The number of rotatable bonds is 9. The molecule has 1 aromatic rings. The Kier molecular flexibility index (Phi) is 18.4. The number of hydrogen-bond donors (Lipinski definition) is 0. The molecule has 0 aliphatic carbocycles. The van der Waals surface area contributed by atoms with E-state index in [-0.39, 0.29) is 11.5 Å². The smallest absolute Gasteiger partial charge is 0.406 e. The minimum atomic E-state index is -4.60. The normalized spacial score (nSPS) is 11.2. The first-order chi connectivity index (χ1) is 15.8. The Bertz CT molecular complexity index is 797. The predicted octanol–water partition coefficient (Wildman–Crippen LogP) is 8.89. The van der Waals surface area contributed by atoms with Crippen molar-refractivity contribution in [3.63, 3.8) is 0 Å². The maximum Gasteiger partial charge on any atom is 0.573 e. The van der Waals surface area contributed by atoms with E-state index in [1.54, 1.807) is 37.4 Å². The molecule has 0 radical (unpaired) electrons. The minimum absolute atomic E-state index is 0.00468. The number of halogens is 4. The van der Waals surface area contributed by atoms with Crippen LogP contribution in [0.4, 0.5) is 17.6 Å². The highest BCUT2D eigenvalue weighted by atomic mass is 19.4. The van der Waals surface area contributed by atoms with Crippen LogP contribution < -0.4 is 4.74 Å². The molecule has 0 saturated carbocycles. The van der Waals surface area contributed by atoms with Crippen LogP contribution in [-0.2, 0) is 4.79 Å². The third kappa shape index (κ3) is 18.8. The van der Waals surface area contributed by atoms with Crippen LogP contribution in [0, 0.1) is 6.92 Å². The number of benzene rings is 1. The van der Waals surface area contributed by atoms with Gasteiger partial charge in [0, 0.05) is 11.8 Å². The molecule has 7 heteroatoms. The second kappa shape index (κ2) is 18.7. The van der Waals surface area contributed by atoms with E-state index in [1.165, 1.54) is 19.1 Å². The predicted molar refractivity (Wildman–Crippen MR) is 134 cm³/mol. The van der Waals surface area contributed by atoms with E-state index in [4.69, 9.17) is 0 Å². The fourth-order valence-electron chi connectivity index (χ4n) is 2.41. The summed E-state index contributed by atoms with van der Waals surface area (Å²) in [5.41, 5.74) is 3.37. The van der Waals surface area contributed by atoms with Crippen LogP contribution in [0.15, 0.2) is 64.8 Å². The molecule has 0 aliphatic rings. The summed E-state index contributed by atoms with van der Waals surface area (Å²) in [6, 6.07) is 5.67. The molecule has 1 rings (SSSR count). The van der Waals surface area contributed by atoms with Gasteiger partial charge >= 0.3 is 6.36 Å². The molecular weight excluding hydrogens is 446 g/mol. The quantitative estimate of drug-likeness (QED) is 0.152. The lowest BCUT2D eigenvalue weighted by Gasteiger charge is -2.08. The van der Waals surface area contributed by atoms with Crippen molar-refractivity contribution < 1.29 is 27.1 Å². The maximum absolute atomic E-state index is 12.4. The Morgan fingerprint density at radius 1 is 1.09 bits per heavy atom. The molecule has 0 bridgehead atoms. The van der Waals surface area contributed by atoms with E-state index in [0.29, 0.717) is 5.57 Å². The van der Waals surface area contributed by atoms with Crippen LogP contribution in [0.5, 0.6) is 5.75 Å². The van der Waals surface area contributed by atoms with Gasteiger partial charge < -0.3 is 4.74 Å². The lowest BCUT2D eigenvalue weighted by molar-refractivity contribution is -0.274. The Balaban J connectivity index is 0. The van der Waals surface area contributed by atoms with Crippen molar-refractivity contribution in [3.8, 4) is 5.75 Å². The Morgan fingerprint density at radius 2 is 1.59 bits per heavy atom. The largest absolute Gasteiger partial charge is 0.573 e. The number of ketones is 1. The highest BCUT2D eigenvalue weighted by molar-refractivity contribution is 5.96. The van der Waals surface area contributed by atoms with Gasteiger partial charge in [-0.1, -0.05) is 62.6 Å². The number of nitrogens with zero attached hydrogens (tertiary/aromatic N) is 1. The van der Waals surface area contributed by atoms with Crippen molar-refractivity contribution in [3.05, 3.63) is 65.4 Å². The van der Waals surface area contributed by atoms with Gasteiger partial charge in [0.15, 0.2) is 5.78 Å². The minimum Gasteiger partial charge on any atom is -0.406 e. The number of allylic oxidation sites excluding steroid dienone is 4. The third-order valence-corrected chi connectivity index (χ3v) is 4.16. The molecule has 0 aliphatic heterocycles. The molecule has 1 aromatic carbocycles. The van der Waals surface area contributed by atoms with Gasteiger partial charge in [-0.15, -0.1) is 13.2 Å². The fourth-order valence-corrected chi connectivity index (χ4v) is 2.41. The first-order valence-corrected chi connectivity index (χ1v) is 11.3. The highest BCUT2D eigenvalue weighted by Gasteiger charge is 2.30. The average molecular weight is 486 g/mol. The van der Waals surface area contributed by atoms with Crippen LogP contribution in [0.1, 0.15) is 72.8 Å². The van der Waals surface area contributed by atoms with E-state index in [9.17, 15) is 22.4 Å². The summed E-state index contributed by atoms with van der Waals surface area (Å²) in [4.78, 5) is 15.3. The molecule has 0 N–H and O–H groups in total. The van der Waals surface area contributed by atoms with Gasteiger partial charge in [0.05, 0.1) is 5.70 Å². The Labute approximate surface area is 202 Å². The van der Waals surface area contributed by atoms with E-state index < -0.39 is 12.5 Å².